The molecule has 3 saturated heterocycles. The molecule has 2 N–H and O–H groups in total. The zero-order valence-corrected chi connectivity index (χ0v) is 18.4. The van der Waals surface area contributed by atoms with Gasteiger partial charge in [0.15, 0.2) is 0 Å². The van der Waals surface area contributed by atoms with Crippen LogP contribution in [0.3, 0.4) is 0 Å². The molecule has 2 aromatic rings. The van der Waals surface area contributed by atoms with Crippen molar-refractivity contribution in [3.8, 4) is 0 Å². The fourth-order valence-electron chi connectivity index (χ4n) is 5.42. The molecule has 7 nitrogen and oxygen atoms in total. The van der Waals surface area contributed by atoms with Gasteiger partial charge >= 0.3 is 0 Å². The van der Waals surface area contributed by atoms with E-state index in [1.54, 1.807) is 0 Å². The van der Waals surface area contributed by atoms with Crippen molar-refractivity contribution < 1.29 is 9.90 Å². The average molecular weight is 424 g/mol. The van der Waals surface area contributed by atoms with Gasteiger partial charge in [0.2, 0.25) is 5.91 Å². The molecule has 3 fully saturated rings. The van der Waals surface area contributed by atoms with E-state index in [4.69, 9.17) is 4.98 Å². The summed E-state index contributed by atoms with van der Waals surface area (Å²) in [5.74, 6) is 1.74. The number of fused-ring (bicyclic) bond motifs is 2. The van der Waals surface area contributed by atoms with E-state index in [1.165, 1.54) is 16.5 Å². The number of amides is 1. The second-order valence-electron chi connectivity index (χ2n) is 9.38. The highest BCUT2D eigenvalue weighted by molar-refractivity contribution is 5.82. The Hall–Kier alpha value is -2.22. The fourth-order valence-corrected chi connectivity index (χ4v) is 5.42. The van der Waals surface area contributed by atoms with Gasteiger partial charge in [-0.15, -0.1) is 0 Å². The van der Waals surface area contributed by atoms with E-state index in [0.29, 0.717) is 18.4 Å². The van der Waals surface area contributed by atoms with Crippen LogP contribution in [0.25, 0.3) is 10.9 Å². The first-order chi connectivity index (χ1) is 15.1. The number of β-amino-alcohol motifs (C(OH)–C–C–N with tert-alkyl or cyclic N) is 1. The standard InChI is InChI=1S/C24H33N5O2/c1-17-2-3-18-13-20(16-28-5-4-21-19(15-28)14-23(31)25-21)24(26-22(18)12-17)29-8-6-27(7-9-29)10-11-30/h2-3,12-13,19,21,30H,4-11,14-16H2,1H3,(H,25,31)/t19-,21+/m1/s1. The van der Waals surface area contributed by atoms with Crippen LogP contribution in [0.1, 0.15) is 24.0 Å². The Morgan fingerprint density at radius 2 is 1.97 bits per heavy atom. The van der Waals surface area contributed by atoms with Crippen molar-refractivity contribution in [2.24, 2.45) is 5.92 Å². The maximum atomic E-state index is 11.8. The normalized spacial score (nSPS) is 25.1. The first kappa shape index (κ1) is 20.7. The number of anilines is 1. The van der Waals surface area contributed by atoms with Gasteiger partial charge < -0.3 is 15.3 Å². The van der Waals surface area contributed by atoms with Crippen LogP contribution in [0.4, 0.5) is 5.82 Å². The van der Waals surface area contributed by atoms with Gasteiger partial charge in [-0.2, -0.15) is 0 Å². The molecule has 1 aromatic heterocycles. The van der Waals surface area contributed by atoms with Gasteiger partial charge in [0.05, 0.1) is 12.1 Å². The van der Waals surface area contributed by atoms with Gasteiger partial charge in [0, 0.05) is 81.7 Å². The molecule has 31 heavy (non-hydrogen) atoms. The number of carbonyl (C=O) groups excluding carboxylic acids is 1. The quantitative estimate of drug-likeness (QED) is 0.757. The number of piperazine rings is 1. The molecule has 5 rings (SSSR count). The number of pyridine rings is 1. The number of likely N-dealkylation sites (tertiary alicyclic amines) is 1. The highest BCUT2D eigenvalue weighted by atomic mass is 16.3. The van der Waals surface area contributed by atoms with Crippen LogP contribution >= 0.6 is 0 Å². The number of aryl methyl sites for hydroxylation is 1. The van der Waals surface area contributed by atoms with E-state index in [-0.39, 0.29) is 12.5 Å². The minimum absolute atomic E-state index is 0.209. The monoisotopic (exact) mass is 423 g/mol. The first-order valence-electron chi connectivity index (χ1n) is 11.6. The average Bonchev–Trinajstić information content (AvgIpc) is 3.13. The number of hydrogen-bond acceptors (Lipinski definition) is 6. The molecule has 0 radical (unpaired) electrons. The molecule has 1 amide bonds. The summed E-state index contributed by atoms with van der Waals surface area (Å²) in [6, 6.07) is 9.19. The van der Waals surface area contributed by atoms with Crippen LogP contribution in [0.2, 0.25) is 0 Å². The fraction of sp³-hybridized carbons (Fsp3) is 0.583. The third-order valence-electron chi connectivity index (χ3n) is 7.12. The summed E-state index contributed by atoms with van der Waals surface area (Å²) in [6.45, 7) is 9.70. The SMILES string of the molecule is Cc1ccc2cc(CN3CC[C@@H]4NC(=O)C[C@@H]4C3)c(N3CCN(CCO)CC3)nc2c1. The summed E-state index contributed by atoms with van der Waals surface area (Å²) in [6.07, 6.45) is 1.70. The highest BCUT2D eigenvalue weighted by Gasteiger charge is 2.37. The second kappa shape index (κ2) is 8.73. The number of piperidine rings is 1. The molecule has 3 aliphatic heterocycles. The molecule has 0 aliphatic carbocycles. The molecule has 166 valence electrons. The van der Waals surface area contributed by atoms with Gasteiger partial charge in [-0.1, -0.05) is 12.1 Å². The summed E-state index contributed by atoms with van der Waals surface area (Å²) in [5, 5.41) is 13.6. The zero-order valence-electron chi connectivity index (χ0n) is 18.4. The third-order valence-corrected chi connectivity index (χ3v) is 7.12. The zero-order chi connectivity index (χ0) is 21.4. The number of aromatic nitrogens is 1. The summed E-state index contributed by atoms with van der Waals surface area (Å²) < 4.78 is 0. The molecular weight excluding hydrogens is 390 g/mol. The molecule has 7 heteroatoms. The van der Waals surface area contributed by atoms with Gasteiger partial charge in [-0.05, 0) is 31.0 Å². The minimum Gasteiger partial charge on any atom is -0.395 e. The Morgan fingerprint density at radius 3 is 2.77 bits per heavy atom. The molecule has 0 bridgehead atoms. The summed E-state index contributed by atoms with van der Waals surface area (Å²) >= 11 is 0. The molecule has 3 aliphatic rings. The third kappa shape index (κ3) is 4.40. The Labute approximate surface area is 184 Å². The number of hydrogen-bond donors (Lipinski definition) is 2. The van der Waals surface area contributed by atoms with Crippen molar-refractivity contribution in [1.82, 2.24) is 20.1 Å². The van der Waals surface area contributed by atoms with Gasteiger partial charge in [-0.25, -0.2) is 4.98 Å². The maximum absolute atomic E-state index is 11.8. The molecule has 0 saturated carbocycles. The second-order valence-corrected chi connectivity index (χ2v) is 9.38. The predicted octanol–water partition coefficient (Wildman–Crippen LogP) is 1.37. The van der Waals surface area contributed by atoms with E-state index in [9.17, 15) is 9.90 Å². The number of benzene rings is 1. The summed E-state index contributed by atoms with van der Waals surface area (Å²) in [7, 11) is 0. The molecule has 0 unspecified atom stereocenters. The van der Waals surface area contributed by atoms with Crippen molar-refractivity contribution in [2.75, 3.05) is 57.3 Å². The minimum atomic E-state index is 0.209. The van der Waals surface area contributed by atoms with Crippen molar-refractivity contribution in [1.29, 1.82) is 0 Å². The Balaban J connectivity index is 1.40. The number of nitrogens with one attached hydrogen (secondary N) is 1. The largest absolute Gasteiger partial charge is 0.395 e. The van der Waals surface area contributed by atoms with Crippen LogP contribution in [0.5, 0.6) is 0 Å². The van der Waals surface area contributed by atoms with E-state index in [2.05, 4.69) is 51.2 Å². The van der Waals surface area contributed by atoms with Crippen LogP contribution in [-0.4, -0.2) is 84.3 Å². The van der Waals surface area contributed by atoms with Crippen LogP contribution in [-0.2, 0) is 11.3 Å². The number of aliphatic hydroxyl groups excluding tert-OH is 1. The van der Waals surface area contributed by atoms with E-state index in [1.807, 2.05) is 0 Å². The van der Waals surface area contributed by atoms with Gasteiger partial charge in [-0.3, -0.25) is 14.6 Å². The maximum Gasteiger partial charge on any atom is 0.220 e. The molecule has 0 spiro atoms. The van der Waals surface area contributed by atoms with Crippen molar-refractivity contribution in [3.63, 3.8) is 0 Å². The smallest absolute Gasteiger partial charge is 0.220 e. The Morgan fingerprint density at radius 1 is 1.13 bits per heavy atom. The molecule has 1 aromatic carbocycles. The number of nitrogens with zero attached hydrogens (tertiary/aromatic N) is 4. The Kier molecular flexibility index (Phi) is 5.82. The molecular formula is C24H33N5O2. The first-order valence-corrected chi connectivity index (χ1v) is 11.6. The number of rotatable bonds is 5. The number of carbonyl (C=O) groups is 1. The molecule has 2 atom stereocenters. The summed E-state index contributed by atoms with van der Waals surface area (Å²) in [5.41, 5.74) is 3.57. The lowest BCUT2D eigenvalue weighted by molar-refractivity contribution is -0.119. The van der Waals surface area contributed by atoms with E-state index < -0.39 is 0 Å². The van der Waals surface area contributed by atoms with Gasteiger partial charge in [0.25, 0.3) is 0 Å². The topological polar surface area (TPSA) is 71.9 Å². The van der Waals surface area contributed by atoms with Gasteiger partial charge in [0.1, 0.15) is 5.82 Å². The van der Waals surface area contributed by atoms with Crippen LogP contribution in [0.15, 0.2) is 24.3 Å². The van der Waals surface area contributed by atoms with Crippen molar-refractivity contribution in [3.05, 3.63) is 35.4 Å². The van der Waals surface area contributed by atoms with Crippen molar-refractivity contribution in [2.45, 2.75) is 32.4 Å². The number of aliphatic hydroxyl groups is 1. The lowest BCUT2D eigenvalue weighted by atomic mass is 9.93. The molecule has 4 heterocycles. The van der Waals surface area contributed by atoms with Crippen LogP contribution in [0, 0.1) is 12.8 Å². The highest BCUT2D eigenvalue weighted by Crippen LogP contribution is 2.30. The lowest BCUT2D eigenvalue weighted by Crippen LogP contribution is -2.48. The lowest BCUT2D eigenvalue weighted by Gasteiger charge is -2.38. The van der Waals surface area contributed by atoms with Crippen LogP contribution < -0.4 is 10.2 Å². The predicted molar refractivity (Wildman–Crippen MR) is 122 cm³/mol. The Bertz CT molecular complexity index is 956. The summed E-state index contributed by atoms with van der Waals surface area (Å²) in [4.78, 5) is 24.2. The van der Waals surface area contributed by atoms with E-state index >= 15 is 0 Å². The van der Waals surface area contributed by atoms with Crippen molar-refractivity contribution >= 4 is 22.6 Å². The van der Waals surface area contributed by atoms with E-state index in [0.717, 1.165) is 70.1 Å².